The van der Waals surface area contributed by atoms with Crippen LogP contribution in [0.4, 0.5) is 13.2 Å². The van der Waals surface area contributed by atoms with Gasteiger partial charge in [-0.05, 0) is 0 Å². The van der Waals surface area contributed by atoms with Crippen LogP contribution >= 0.6 is 0 Å². The van der Waals surface area contributed by atoms with Gasteiger partial charge < -0.3 is 13.7 Å². The third-order valence-corrected chi connectivity index (χ3v) is 1.87. The van der Waals surface area contributed by atoms with E-state index in [1.165, 1.54) is 0 Å². The number of halogens is 3. The lowest BCUT2D eigenvalue weighted by Gasteiger charge is -2.07. The first kappa shape index (κ1) is 9.96. The van der Waals surface area contributed by atoms with Crippen LogP contribution in [0.3, 0.4) is 0 Å². The summed E-state index contributed by atoms with van der Waals surface area (Å²) in [7, 11) is -5.65. The predicted octanol–water partition coefficient (Wildman–Crippen LogP) is 0.656. The van der Waals surface area contributed by atoms with Gasteiger partial charge in [0.2, 0.25) is 6.79 Å². The van der Waals surface area contributed by atoms with E-state index in [4.69, 9.17) is 0 Å². The highest BCUT2D eigenvalue weighted by Crippen LogP contribution is 2.27. The van der Waals surface area contributed by atoms with Crippen LogP contribution in [-0.2, 0) is 23.8 Å². The minimum Gasteiger partial charge on any atom is -0.458 e. The summed E-state index contributed by atoms with van der Waals surface area (Å²) in [6, 6.07) is 0. The van der Waals surface area contributed by atoms with E-state index in [1.54, 1.807) is 0 Å². The molecule has 1 aliphatic rings. The topological polar surface area (TPSA) is 61.8 Å². The molecule has 13 heavy (non-hydrogen) atoms. The van der Waals surface area contributed by atoms with E-state index in [0.29, 0.717) is 6.26 Å². The van der Waals surface area contributed by atoms with Crippen LogP contribution in [0.5, 0.6) is 0 Å². The first-order valence-corrected chi connectivity index (χ1v) is 4.19. The Balaban J connectivity index is 2.73. The Labute approximate surface area is 70.8 Å². The van der Waals surface area contributed by atoms with Crippen LogP contribution in [-0.4, -0.2) is 20.7 Å². The van der Waals surface area contributed by atoms with Gasteiger partial charge in [-0.3, -0.25) is 0 Å². The summed E-state index contributed by atoms with van der Waals surface area (Å²) >= 11 is 0. The third-order valence-electron chi connectivity index (χ3n) is 0.924. The van der Waals surface area contributed by atoms with Crippen LogP contribution < -0.4 is 0 Å². The Morgan fingerprint density at radius 1 is 1.46 bits per heavy atom. The lowest BCUT2D eigenvalue weighted by atomic mass is 11.0. The lowest BCUT2D eigenvalue weighted by molar-refractivity contribution is -0.0566. The maximum absolute atomic E-state index is 11.7. The second kappa shape index (κ2) is 2.98. The van der Waals surface area contributed by atoms with Crippen molar-refractivity contribution in [3.63, 3.8) is 0 Å². The lowest BCUT2D eigenvalue weighted by Crippen LogP contribution is -2.25. The number of rotatable bonds is 2. The van der Waals surface area contributed by atoms with Crippen LogP contribution in [0.1, 0.15) is 0 Å². The zero-order valence-electron chi connectivity index (χ0n) is 5.87. The highest BCUT2D eigenvalue weighted by atomic mass is 32.2. The molecule has 0 unspecified atom stereocenters. The number of alkyl halides is 3. The molecule has 0 aromatic carbocycles. The Bertz CT molecular complexity index is 315. The molecular formula is C4H3F3O5S. The molecule has 0 fully saturated rings. The van der Waals surface area contributed by atoms with Gasteiger partial charge in [0, 0.05) is 0 Å². The fourth-order valence-electron chi connectivity index (χ4n) is 0.427. The Morgan fingerprint density at radius 2 is 2.08 bits per heavy atom. The maximum atomic E-state index is 11.7. The largest absolute Gasteiger partial charge is 0.534 e. The molecule has 0 N–H and O–H groups in total. The van der Waals surface area contributed by atoms with Gasteiger partial charge >= 0.3 is 21.6 Å². The maximum Gasteiger partial charge on any atom is 0.534 e. The summed E-state index contributed by atoms with van der Waals surface area (Å²) in [5, 5.41) is 0. The van der Waals surface area contributed by atoms with Gasteiger partial charge in [-0.1, -0.05) is 0 Å². The van der Waals surface area contributed by atoms with E-state index in [-0.39, 0.29) is 6.79 Å². The van der Waals surface area contributed by atoms with Crippen molar-refractivity contribution in [2.24, 2.45) is 0 Å². The smallest absolute Gasteiger partial charge is 0.458 e. The van der Waals surface area contributed by atoms with Crippen molar-refractivity contribution in [1.82, 2.24) is 0 Å². The summed E-state index contributed by atoms with van der Waals surface area (Å²) in [5.74, 6) is -0.836. The Kier molecular flexibility index (Phi) is 2.28. The highest BCUT2D eigenvalue weighted by Gasteiger charge is 2.49. The number of hydrogen-bond acceptors (Lipinski definition) is 5. The molecule has 0 aliphatic carbocycles. The van der Waals surface area contributed by atoms with Crippen LogP contribution in [0.25, 0.3) is 0 Å². The van der Waals surface area contributed by atoms with Crippen molar-refractivity contribution in [3.05, 3.63) is 12.2 Å². The molecule has 0 aromatic heterocycles. The molecule has 5 nitrogen and oxygen atoms in total. The zero-order chi connectivity index (χ0) is 10.1. The van der Waals surface area contributed by atoms with E-state index in [1.807, 2.05) is 0 Å². The monoisotopic (exact) mass is 220 g/mol. The summed E-state index contributed by atoms with van der Waals surface area (Å²) in [4.78, 5) is 0. The van der Waals surface area contributed by atoms with Crippen molar-refractivity contribution in [1.29, 1.82) is 0 Å². The fraction of sp³-hybridized carbons (Fsp3) is 0.500. The Morgan fingerprint density at radius 3 is 2.46 bits per heavy atom. The van der Waals surface area contributed by atoms with Gasteiger partial charge in [0.25, 0.3) is 0 Å². The van der Waals surface area contributed by atoms with Gasteiger partial charge in [-0.2, -0.15) is 21.6 Å². The molecule has 0 radical (unpaired) electrons. The van der Waals surface area contributed by atoms with E-state index in [9.17, 15) is 21.6 Å². The molecule has 0 atom stereocenters. The Hall–Kier alpha value is -1.12. The SMILES string of the molecule is O=S(=O)(OC1=COCO1)C(F)(F)F. The second-order valence-electron chi connectivity index (χ2n) is 1.85. The van der Waals surface area contributed by atoms with Crippen molar-refractivity contribution < 1.29 is 35.2 Å². The molecule has 0 amide bonds. The molecular weight excluding hydrogens is 217 g/mol. The predicted molar refractivity (Wildman–Crippen MR) is 31.2 cm³/mol. The molecule has 0 saturated heterocycles. The minimum absolute atomic E-state index is 0.372. The van der Waals surface area contributed by atoms with E-state index < -0.39 is 21.6 Å². The molecule has 9 heteroatoms. The summed E-state index contributed by atoms with van der Waals surface area (Å²) < 4.78 is 67.5. The van der Waals surface area contributed by atoms with Crippen molar-refractivity contribution in [2.45, 2.75) is 5.51 Å². The molecule has 0 spiro atoms. The van der Waals surface area contributed by atoms with Crippen LogP contribution in [0.2, 0.25) is 0 Å². The molecule has 0 bridgehead atoms. The average molecular weight is 220 g/mol. The molecule has 1 aliphatic heterocycles. The average Bonchev–Trinajstić information content (AvgIpc) is 2.35. The summed E-state index contributed by atoms with van der Waals surface area (Å²) in [6.45, 7) is -0.372. The second-order valence-corrected chi connectivity index (χ2v) is 3.39. The van der Waals surface area contributed by atoms with Crippen molar-refractivity contribution in [2.75, 3.05) is 6.79 Å². The molecule has 0 saturated carbocycles. The standard InChI is InChI=1S/C4H3F3O5S/c5-4(6,7)13(8,9)12-3-1-10-2-11-3/h1H,2H2. The van der Waals surface area contributed by atoms with Crippen molar-refractivity contribution in [3.8, 4) is 0 Å². The molecule has 1 heterocycles. The zero-order valence-corrected chi connectivity index (χ0v) is 6.68. The highest BCUT2D eigenvalue weighted by molar-refractivity contribution is 7.87. The summed E-state index contributed by atoms with van der Waals surface area (Å²) in [6.07, 6.45) is 0.628. The third kappa shape index (κ3) is 2.17. The van der Waals surface area contributed by atoms with Crippen LogP contribution in [0, 0.1) is 0 Å². The van der Waals surface area contributed by atoms with Crippen LogP contribution in [0.15, 0.2) is 12.2 Å². The van der Waals surface area contributed by atoms with E-state index in [0.717, 1.165) is 0 Å². The first-order chi connectivity index (χ1) is 5.83. The van der Waals surface area contributed by atoms with Gasteiger partial charge in [0.05, 0.1) is 0 Å². The van der Waals surface area contributed by atoms with Gasteiger partial charge in [-0.25, -0.2) is 0 Å². The normalized spacial score (nSPS) is 17.3. The molecule has 76 valence electrons. The first-order valence-electron chi connectivity index (χ1n) is 2.78. The van der Waals surface area contributed by atoms with Gasteiger partial charge in [0.15, 0.2) is 6.26 Å². The van der Waals surface area contributed by atoms with E-state index in [2.05, 4.69) is 13.7 Å². The molecule has 1 rings (SSSR count). The quantitative estimate of drug-likeness (QED) is 0.505. The van der Waals surface area contributed by atoms with Gasteiger partial charge in [0.1, 0.15) is 0 Å². The van der Waals surface area contributed by atoms with Gasteiger partial charge in [-0.15, -0.1) is 0 Å². The fourth-order valence-corrected chi connectivity index (χ4v) is 0.825. The summed E-state index contributed by atoms with van der Waals surface area (Å²) in [5.41, 5.74) is -5.47. The van der Waals surface area contributed by atoms with E-state index >= 15 is 0 Å². The number of ether oxygens (including phenoxy) is 2. The number of hydrogen-bond donors (Lipinski definition) is 0. The van der Waals surface area contributed by atoms with Crippen molar-refractivity contribution >= 4 is 10.1 Å². The molecule has 0 aromatic rings. The minimum atomic E-state index is -5.65.